The van der Waals surface area contributed by atoms with E-state index in [1.54, 1.807) is 50.4 Å². The molecule has 0 saturated heterocycles. The minimum Gasteiger partial charge on any atom is -0.496 e. The van der Waals surface area contributed by atoms with Crippen LogP contribution < -0.4 is 20.6 Å². The average Bonchev–Trinajstić information content (AvgIpc) is 3.28. The normalized spacial score (nSPS) is 11.0. The van der Waals surface area contributed by atoms with Crippen molar-refractivity contribution < 1.29 is 29.2 Å². The molecule has 0 spiro atoms. The molecule has 0 aliphatic heterocycles. The fourth-order valence-electron chi connectivity index (χ4n) is 3.17. The van der Waals surface area contributed by atoms with Crippen molar-refractivity contribution in [1.82, 2.24) is 10.3 Å². The summed E-state index contributed by atoms with van der Waals surface area (Å²) < 4.78 is 10.6. The minimum atomic E-state index is -0.820. The van der Waals surface area contributed by atoms with E-state index in [4.69, 9.17) is 19.6 Å². The lowest BCUT2D eigenvalue weighted by atomic mass is 9.94. The van der Waals surface area contributed by atoms with Crippen LogP contribution in [0.25, 0.3) is 11.3 Å². The SMILES string of the molecule is COc1cc(NC(=O)C(=O)NC(C)(C)Cc2ccc(N(O)O)cc2)ccc1-c1cnco1. The number of benzene rings is 2. The van der Waals surface area contributed by atoms with Gasteiger partial charge < -0.3 is 19.8 Å². The molecule has 2 aromatic carbocycles. The van der Waals surface area contributed by atoms with E-state index < -0.39 is 17.4 Å². The van der Waals surface area contributed by atoms with Crippen LogP contribution in [0.2, 0.25) is 0 Å². The van der Waals surface area contributed by atoms with E-state index in [2.05, 4.69) is 15.6 Å². The lowest BCUT2D eigenvalue weighted by molar-refractivity contribution is -0.137. The predicted molar refractivity (Wildman–Crippen MR) is 116 cm³/mol. The van der Waals surface area contributed by atoms with Crippen molar-refractivity contribution in [2.75, 3.05) is 17.7 Å². The van der Waals surface area contributed by atoms with Crippen LogP contribution in [0, 0.1) is 0 Å². The van der Waals surface area contributed by atoms with Crippen LogP contribution in [-0.4, -0.2) is 39.9 Å². The van der Waals surface area contributed by atoms with E-state index >= 15 is 0 Å². The molecule has 32 heavy (non-hydrogen) atoms. The third kappa shape index (κ3) is 5.62. The molecule has 10 heteroatoms. The van der Waals surface area contributed by atoms with Gasteiger partial charge in [-0.15, -0.1) is 5.23 Å². The number of rotatable bonds is 7. The first-order valence-electron chi connectivity index (χ1n) is 9.66. The molecule has 0 radical (unpaired) electrons. The number of amides is 2. The van der Waals surface area contributed by atoms with Crippen LogP contribution in [-0.2, 0) is 16.0 Å². The standard InChI is InChI=1S/C22H24N4O6/c1-22(2,11-14-4-7-16(8-5-14)26(29)30)25-21(28)20(27)24-15-6-9-17(18(10-15)31-3)19-12-23-13-32-19/h4-10,12-13,29-30H,11H2,1-3H3,(H,24,27)(H,25,28). The highest BCUT2D eigenvalue weighted by Crippen LogP contribution is 2.32. The molecule has 4 N–H and O–H groups in total. The largest absolute Gasteiger partial charge is 0.496 e. The summed E-state index contributed by atoms with van der Waals surface area (Å²) in [6.07, 6.45) is 3.27. The molecule has 0 aliphatic carbocycles. The summed E-state index contributed by atoms with van der Waals surface area (Å²) in [6.45, 7) is 3.57. The van der Waals surface area contributed by atoms with Crippen molar-refractivity contribution >= 4 is 23.2 Å². The van der Waals surface area contributed by atoms with Crippen molar-refractivity contribution in [3.8, 4) is 17.1 Å². The van der Waals surface area contributed by atoms with Crippen LogP contribution in [0.4, 0.5) is 11.4 Å². The van der Waals surface area contributed by atoms with Crippen LogP contribution in [0.1, 0.15) is 19.4 Å². The Morgan fingerprint density at radius 1 is 1.12 bits per heavy atom. The lowest BCUT2D eigenvalue weighted by Gasteiger charge is -2.26. The maximum atomic E-state index is 12.5. The number of oxazole rings is 1. The summed E-state index contributed by atoms with van der Waals surface area (Å²) in [4.78, 5) is 28.8. The summed E-state index contributed by atoms with van der Waals surface area (Å²) >= 11 is 0. The first-order valence-corrected chi connectivity index (χ1v) is 9.66. The zero-order chi connectivity index (χ0) is 23.3. The summed E-state index contributed by atoms with van der Waals surface area (Å²) in [5.74, 6) is -0.646. The average molecular weight is 440 g/mol. The Hall–Kier alpha value is -3.89. The van der Waals surface area contributed by atoms with Gasteiger partial charge in [0.2, 0.25) is 0 Å². The molecule has 1 aromatic heterocycles. The van der Waals surface area contributed by atoms with Crippen LogP contribution >= 0.6 is 0 Å². The maximum Gasteiger partial charge on any atom is 0.313 e. The van der Waals surface area contributed by atoms with Crippen LogP contribution in [0.15, 0.2) is 59.5 Å². The van der Waals surface area contributed by atoms with Gasteiger partial charge in [-0.25, -0.2) is 4.98 Å². The van der Waals surface area contributed by atoms with Gasteiger partial charge in [0.15, 0.2) is 12.2 Å². The predicted octanol–water partition coefficient (Wildman–Crippen LogP) is 3.01. The van der Waals surface area contributed by atoms with E-state index in [9.17, 15) is 9.59 Å². The molecule has 0 aliphatic rings. The van der Waals surface area contributed by atoms with E-state index in [0.29, 0.717) is 29.2 Å². The molecule has 0 atom stereocenters. The van der Waals surface area contributed by atoms with Crippen molar-refractivity contribution in [3.63, 3.8) is 0 Å². The molecule has 10 nitrogen and oxygen atoms in total. The summed E-state index contributed by atoms with van der Waals surface area (Å²) in [7, 11) is 1.49. The Morgan fingerprint density at radius 2 is 1.84 bits per heavy atom. The number of methoxy groups -OCH3 is 1. The van der Waals surface area contributed by atoms with Crippen molar-refractivity contribution in [3.05, 3.63) is 60.6 Å². The topological polar surface area (TPSA) is 137 Å². The lowest BCUT2D eigenvalue weighted by Crippen LogP contribution is -2.49. The Balaban J connectivity index is 1.63. The smallest absolute Gasteiger partial charge is 0.313 e. The monoisotopic (exact) mass is 440 g/mol. The third-order valence-corrected chi connectivity index (χ3v) is 4.63. The van der Waals surface area contributed by atoms with E-state index in [0.717, 1.165) is 5.56 Å². The van der Waals surface area contributed by atoms with E-state index in [1.807, 2.05) is 0 Å². The number of anilines is 2. The second-order valence-electron chi connectivity index (χ2n) is 7.71. The van der Waals surface area contributed by atoms with Gasteiger partial charge in [-0.2, -0.15) is 0 Å². The molecule has 0 saturated carbocycles. The summed E-state index contributed by atoms with van der Waals surface area (Å²) in [5, 5.41) is 23.3. The van der Waals surface area contributed by atoms with Crippen molar-refractivity contribution in [2.24, 2.45) is 0 Å². The number of carbonyl (C=O) groups is 2. The number of ether oxygens (including phenoxy) is 1. The summed E-state index contributed by atoms with van der Waals surface area (Å²) in [6, 6.07) is 11.4. The molecular formula is C22H24N4O6. The second-order valence-corrected chi connectivity index (χ2v) is 7.71. The van der Waals surface area contributed by atoms with Gasteiger partial charge in [0.1, 0.15) is 5.75 Å². The molecule has 3 rings (SSSR count). The van der Waals surface area contributed by atoms with E-state index in [-0.39, 0.29) is 10.9 Å². The highest BCUT2D eigenvalue weighted by Gasteiger charge is 2.25. The van der Waals surface area contributed by atoms with Gasteiger partial charge in [0, 0.05) is 17.3 Å². The minimum absolute atomic E-state index is 0.0219. The molecule has 1 heterocycles. The quantitative estimate of drug-likeness (QED) is 0.325. The first-order chi connectivity index (χ1) is 15.2. The molecule has 2 amide bonds. The van der Waals surface area contributed by atoms with Gasteiger partial charge in [-0.1, -0.05) is 12.1 Å². The van der Waals surface area contributed by atoms with Gasteiger partial charge in [0.25, 0.3) is 0 Å². The zero-order valence-corrected chi connectivity index (χ0v) is 17.8. The van der Waals surface area contributed by atoms with E-state index in [1.165, 1.54) is 25.6 Å². The number of aromatic nitrogens is 1. The Morgan fingerprint density at radius 3 is 2.44 bits per heavy atom. The third-order valence-electron chi connectivity index (χ3n) is 4.63. The molecule has 3 aromatic rings. The van der Waals surface area contributed by atoms with Crippen molar-refractivity contribution in [2.45, 2.75) is 25.8 Å². The van der Waals surface area contributed by atoms with Crippen molar-refractivity contribution in [1.29, 1.82) is 0 Å². The first kappa shape index (κ1) is 22.8. The number of carbonyl (C=O) groups excluding carboxylic acids is 2. The molecule has 0 fully saturated rings. The number of nitrogens with zero attached hydrogens (tertiary/aromatic N) is 2. The zero-order valence-electron chi connectivity index (χ0n) is 17.8. The number of hydrogen-bond acceptors (Lipinski definition) is 8. The molecule has 0 unspecified atom stereocenters. The summed E-state index contributed by atoms with van der Waals surface area (Å²) in [5.41, 5.74) is 1.36. The Bertz CT molecular complexity index is 1080. The van der Waals surface area contributed by atoms with Gasteiger partial charge in [0.05, 0.1) is 24.6 Å². The number of nitrogens with one attached hydrogen (secondary N) is 2. The fraction of sp³-hybridized carbons (Fsp3) is 0.227. The second kappa shape index (κ2) is 9.50. The highest BCUT2D eigenvalue weighted by molar-refractivity contribution is 6.39. The molecular weight excluding hydrogens is 416 g/mol. The maximum absolute atomic E-state index is 12.5. The van der Waals surface area contributed by atoms with Crippen LogP contribution in [0.3, 0.4) is 0 Å². The van der Waals surface area contributed by atoms with Crippen LogP contribution in [0.5, 0.6) is 5.75 Å². The van der Waals surface area contributed by atoms with Gasteiger partial charge >= 0.3 is 11.8 Å². The molecule has 0 bridgehead atoms. The fourth-order valence-corrected chi connectivity index (χ4v) is 3.17. The number of hydrogen-bond donors (Lipinski definition) is 4. The highest BCUT2D eigenvalue weighted by atomic mass is 16.8. The van der Waals surface area contributed by atoms with Gasteiger partial charge in [-0.05, 0) is 50.1 Å². The Labute approximate surface area is 184 Å². The van der Waals surface area contributed by atoms with Gasteiger partial charge in [-0.3, -0.25) is 20.0 Å². The molecule has 168 valence electrons. The Kier molecular flexibility index (Phi) is 6.76.